The number of hydrogen-bond donors (Lipinski definition) is 3. The molecule has 1 heterocycles. The second-order valence-electron chi connectivity index (χ2n) is 2.48. The van der Waals surface area contributed by atoms with Gasteiger partial charge in [-0.05, 0) is 7.05 Å². The first-order valence-electron chi connectivity index (χ1n) is 3.83. The molecule has 0 aliphatic heterocycles. The lowest BCUT2D eigenvalue weighted by molar-refractivity contribution is -0.115. The van der Waals surface area contributed by atoms with Gasteiger partial charge in [0, 0.05) is 5.38 Å². The van der Waals surface area contributed by atoms with E-state index in [2.05, 4.69) is 15.6 Å². The zero-order valence-corrected chi connectivity index (χ0v) is 8.35. The third-order valence-corrected chi connectivity index (χ3v) is 2.10. The van der Waals surface area contributed by atoms with Gasteiger partial charge in [-0.1, -0.05) is 0 Å². The molecule has 14 heavy (non-hydrogen) atoms. The quantitative estimate of drug-likeness (QED) is 0.623. The number of nitrogens with one attached hydrogen (secondary N) is 2. The zero-order valence-electron chi connectivity index (χ0n) is 7.53. The van der Waals surface area contributed by atoms with Crippen LogP contribution in [-0.2, 0) is 4.79 Å². The molecule has 7 heteroatoms. The Balaban J connectivity index is 2.59. The van der Waals surface area contributed by atoms with Crippen LogP contribution in [0, 0.1) is 0 Å². The van der Waals surface area contributed by atoms with Crippen molar-refractivity contribution in [1.82, 2.24) is 10.3 Å². The molecule has 0 saturated carbocycles. The van der Waals surface area contributed by atoms with Gasteiger partial charge in [0.15, 0.2) is 5.13 Å². The number of aromatic nitrogens is 1. The van der Waals surface area contributed by atoms with E-state index in [-0.39, 0.29) is 18.1 Å². The van der Waals surface area contributed by atoms with E-state index in [0.717, 1.165) is 11.3 Å². The number of hydrogen-bond acceptors (Lipinski definition) is 5. The molecule has 76 valence electrons. The lowest BCUT2D eigenvalue weighted by Crippen LogP contribution is -2.25. The summed E-state index contributed by atoms with van der Waals surface area (Å²) in [5, 5.41) is 7.08. The molecule has 0 fully saturated rings. The largest absolute Gasteiger partial charge is 0.364 e. The number of primary amides is 1. The minimum atomic E-state index is -0.602. The first kappa shape index (κ1) is 10.6. The summed E-state index contributed by atoms with van der Waals surface area (Å²) in [6.07, 6.45) is 0. The van der Waals surface area contributed by atoms with Crippen LogP contribution in [0.4, 0.5) is 5.13 Å². The fourth-order valence-electron chi connectivity index (χ4n) is 0.768. The van der Waals surface area contributed by atoms with E-state index in [1.165, 1.54) is 5.38 Å². The van der Waals surface area contributed by atoms with Crippen molar-refractivity contribution in [1.29, 1.82) is 0 Å². The average Bonchev–Trinajstić information content (AvgIpc) is 2.53. The fraction of sp³-hybridized carbons (Fsp3) is 0.286. The van der Waals surface area contributed by atoms with Crippen molar-refractivity contribution in [3.05, 3.63) is 11.1 Å². The summed E-state index contributed by atoms with van der Waals surface area (Å²) in [5.74, 6) is -0.812. The highest BCUT2D eigenvalue weighted by Gasteiger charge is 2.08. The van der Waals surface area contributed by atoms with Gasteiger partial charge in [-0.2, -0.15) is 0 Å². The molecule has 1 aromatic rings. The van der Waals surface area contributed by atoms with Gasteiger partial charge >= 0.3 is 0 Å². The molecule has 0 aliphatic rings. The summed E-state index contributed by atoms with van der Waals surface area (Å²) in [7, 11) is 1.66. The highest BCUT2D eigenvalue weighted by atomic mass is 32.1. The smallest absolute Gasteiger partial charge is 0.268 e. The summed E-state index contributed by atoms with van der Waals surface area (Å²) in [5.41, 5.74) is 5.16. The number of carbonyl (C=O) groups excluding carboxylic acids is 2. The molecule has 0 bridgehead atoms. The first-order chi connectivity index (χ1) is 6.63. The molecule has 0 saturated heterocycles. The molecule has 2 amide bonds. The molecular formula is C7H10N4O2S. The van der Waals surface area contributed by atoms with Gasteiger partial charge in [0.1, 0.15) is 5.69 Å². The normalized spacial score (nSPS) is 9.79. The molecule has 0 aliphatic carbocycles. The molecule has 1 rings (SSSR count). The van der Waals surface area contributed by atoms with Gasteiger partial charge in [0.2, 0.25) is 5.91 Å². The Labute approximate surface area is 84.5 Å². The van der Waals surface area contributed by atoms with Crippen LogP contribution in [0.3, 0.4) is 0 Å². The Hall–Kier alpha value is -1.47. The van der Waals surface area contributed by atoms with Gasteiger partial charge < -0.3 is 16.4 Å². The highest BCUT2D eigenvalue weighted by Crippen LogP contribution is 2.14. The van der Waals surface area contributed by atoms with Gasteiger partial charge in [0.05, 0.1) is 6.54 Å². The van der Waals surface area contributed by atoms with Crippen LogP contribution in [0.2, 0.25) is 0 Å². The second-order valence-corrected chi connectivity index (χ2v) is 3.34. The van der Waals surface area contributed by atoms with Crippen LogP contribution in [0.15, 0.2) is 5.38 Å². The van der Waals surface area contributed by atoms with E-state index >= 15 is 0 Å². The van der Waals surface area contributed by atoms with Gasteiger partial charge in [-0.3, -0.25) is 9.59 Å². The molecule has 6 nitrogen and oxygen atoms in total. The predicted octanol–water partition coefficient (Wildman–Crippen LogP) is -0.600. The maximum Gasteiger partial charge on any atom is 0.268 e. The third-order valence-electron chi connectivity index (χ3n) is 1.34. The molecular weight excluding hydrogens is 204 g/mol. The molecule has 4 N–H and O–H groups in total. The van der Waals surface area contributed by atoms with Crippen molar-refractivity contribution >= 4 is 28.3 Å². The lowest BCUT2D eigenvalue weighted by atomic mass is 10.5. The minimum Gasteiger partial charge on any atom is -0.364 e. The van der Waals surface area contributed by atoms with Crippen molar-refractivity contribution in [2.45, 2.75) is 0 Å². The van der Waals surface area contributed by atoms with E-state index in [0.29, 0.717) is 5.13 Å². The SMILES string of the molecule is CNCC(=O)Nc1nc(C(N)=O)cs1. The molecule has 0 atom stereocenters. The zero-order chi connectivity index (χ0) is 10.6. The van der Waals surface area contributed by atoms with Crippen molar-refractivity contribution in [2.75, 3.05) is 18.9 Å². The Morgan fingerprint density at radius 1 is 1.64 bits per heavy atom. The summed E-state index contributed by atoms with van der Waals surface area (Å²) in [4.78, 5) is 25.6. The standard InChI is InChI=1S/C7H10N4O2S/c1-9-2-5(12)11-7-10-4(3-14-7)6(8)13/h3,9H,2H2,1H3,(H2,8,13)(H,10,11,12). The van der Waals surface area contributed by atoms with Crippen LogP contribution in [0.25, 0.3) is 0 Å². The molecule has 0 aromatic carbocycles. The predicted molar refractivity (Wildman–Crippen MR) is 53.2 cm³/mol. The number of amides is 2. The lowest BCUT2D eigenvalue weighted by Gasteiger charge is -1.98. The number of nitrogens with two attached hydrogens (primary N) is 1. The van der Waals surface area contributed by atoms with Crippen LogP contribution >= 0.6 is 11.3 Å². The summed E-state index contributed by atoms with van der Waals surface area (Å²) >= 11 is 1.16. The number of rotatable bonds is 4. The third kappa shape index (κ3) is 2.79. The monoisotopic (exact) mass is 214 g/mol. The first-order valence-corrected chi connectivity index (χ1v) is 4.71. The van der Waals surface area contributed by atoms with Crippen LogP contribution in [0.1, 0.15) is 10.5 Å². The average molecular weight is 214 g/mol. The van der Waals surface area contributed by atoms with E-state index in [9.17, 15) is 9.59 Å². The van der Waals surface area contributed by atoms with Crippen molar-refractivity contribution < 1.29 is 9.59 Å². The molecule has 0 unspecified atom stereocenters. The van der Waals surface area contributed by atoms with Gasteiger partial charge in [0.25, 0.3) is 5.91 Å². The topological polar surface area (TPSA) is 97.1 Å². The Bertz CT molecular complexity index is 349. The minimum absolute atomic E-state index is 0.162. The van der Waals surface area contributed by atoms with E-state index < -0.39 is 5.91 Å². The summed E-state index contributed by atoms with van der Waals surface area (Å²) < 4.78 is 0. The summed E-state index contributed by atoms with van der Waals surface area (Å²) in [6, 6.07) is 0. The van der Waals surface area contributed by atoms with Crippen LogP contribution < -0.4 is 16.4 Å². The van der Waals surface area contributed by atoms with Crippen molar-refractivity contribution in [3.63, 3.8) is 0 Å². The van der Waals surface area contributed by atoms with Gasteiger partial charge in [-0.25, -0.2) is 4.98 Å². The Morgan fingerprint density at radius 2 is 2.36 bits per heavy atom. The number of likely N-dealkylation sites (N-methyl/N-ethyl adjacent to an activating group) is 1. The van der Waals surface area contributed by atoms with E-state index in [4.69, 9.17) is 5.73 Å². The Morgan fingerprint density at radius 3 is 2.86 bits per heavy atom. The van der Waals surface area contributed by atoms with Crippen molar-refractivity contribution in [2.24, 2.45) is 5.73 Å². The molecule has 0 radical (unpaired) electrons. The maximum absolute atomic E-state index is 11.1. The highest BCUT2D eigenvalue weighted by molar-refractivity contribution is 7.14. The van der Waals surface area contributed by atoms with E-state index in [1.807, 2.05) is 0 Å². The van der Waals surface area contributed by atoms with E-state index in [1.54, 1.807) is 7.05 Å². The maximum atomic E-state index is 11.1. The fourth-order valence-corrected chi connectivity index (χ4v) is 1.48. The molecule has 0 spiro atoms. The second kappa shape index (κ2) is 4.68. The Kier molecular flexibility index (Phi) is 3.55. The number of carbonyl (C=O) groups is 2. The number of nitrogens with zero attached hydrogens (tertiary/aromatic N) is 1. The number of thiazole rings is 1. The number of anilines is 1. The van der Waals surface area contributed by atoms with Gasteiger partial charge in [-0.15, -0.1) is 11.3 Å². The summed E-state index contributed by atoms with van der Waals surface area (Å²) in [6.45, 7) is 0.200. The van der Waals surface area contributed by atoms with Crippen LogP contribution in [0.5, 0.6) is 0 Å². The molecule has 1 aromatic heterocycles. The van der Waals surface area contributed by atoms with Crippen molar-refractivity contribution in [3.8, 4) is 0 Å². The van der Waals surface area contributed by atoms with Crippen LogP contribution in [-0.4, -0.2) is 30.4 Å².